The number of aliphatic hydroxyl groups is 1. The van der Waals surface area contributed by atoms with Crippen LogP contribution in [0.2, 0.25) is 0 Å². The van der Waals surface area contributed by atoms with Crippen LogP contribution in [0.15, 0.2) is 91.0 Å². The summed E-state index contributed by atoms with van der Waals surface area (Å²) in [6.07, 6.45) is -0.317. The summed E-state index contributed by atoms with van der Waals surface area (Å²) in [5, 5.41) is 33.8. The molecular weight excluding hydrogens is 474 g/mol. The van der Waals surface area contributed by atoms with Crippen molar-refractivity contribution < 1.29 is 34.8 Å². The number of carboxylic acids is 3. The van der Waals surface area contributed by atoms with E-state index in [4.69, 9.17) is 20.4 Å². The minimum Gasteiger partial charge on any atom is -0.481 e. The van der Waals surface area contributed by atoms with E-state index < -0.39 is 36.4 Å². The Morgan fingerprint density at radius 3 is 1.30 bits per heavy atom. The molecule has 0 saturated heterocycles. The van der Waals surface area contributed by atoms with Gasteiger partial charge in [0.15, 0.2) is 5.60 Å². The molecule has 0 radical (unpaired) electrons. The molecule has 0 atom stereocenters. The molecule has 4 N–H and O–H groups in total. The van der Waals surface area contributed by atoms with Gasteiger partial charge in [-0.1, -0.05) is 91.0 Å². The predicted molar refractivity (Wildman–Crippen MR) is 139 cm³/mol. The maximum absolute atomic E-state index is 10.3. The van der Waals surface area contributed by atoms with Crippen molar-refractivity contribution in [1.82, 2.24) is 4.90 Å². The van der Waals surface area contributed by atoms with Gasteiger partial charge >= 0.3 is 17.9 Å². The van der Waals surface area contributed by atoms with Crippen molar-refractivity contribution in [3.8, 4) is 0 Å². The highest BCUT2D eigenvalue weighted by Gasteiger charge is 2.40. The molecule has 8 heteroatoms. The van der Waals surface area contributed by atoms with E-state index >= 15 is 0 Å². The van der Waals surface area contributed by atoms with E-state index in [-0.39, 0.29) is 5.54 Å². The second-order valence-electron chi connectivity index (χ2n) is 9.09. The molecule has 37 heavy (non-hydrogen) atoms. The Balaban J connectivity index is 0.000000317. The van der Waals surface area contributed by atoms with E-state index in [1.807, 2.05) is 0 Å². The lowest BCUT2D eigenvalue weighted by molar-refractivity contribution is -0.170. The fourth-order valence-electron chi connectivity index (χ4n) is 4.17. The lowest BCUT2D eigenvalue weighted by Gasteiger charge is -2.41. The van der Waals surface area contributed by atoms with Crippen molar-refractivity contribution in [2.24, 2.45) is 0 Å². The van der Waals surface area contributed by atoms with Crippen LogP contribution in [0.5, 0.6) is 0 Å². The molecule has 196 valence electrons. The van der Waals surface area contributed by atoms with E-state index in [2.05, 4.69) is 110 Å². The highest BCUT2D eigenvalue weighted by molar-refractivity contribution is 5.88. The Hall–Kier alpha value is -4.01. The van der Waals surface area contributed by atoms with Gasteiger partial charge in [0.1, 0.15) is 0 Å². The quantitative estimate of drug-likeness (QED) is 0.309. The maximum Gasteiger partial charge on any atom is 0.336 e. The number of hydrogen-bond acceptors (Lipinski definition) is 5. The van der Waals surface area contributed by atoms with Crippen LogP contribution >= 0.6 is 0 Å². The summed E-state index contributed by atoms with van der Waals surface area (Å²) < 4.78 is 0. The first-order valence-corrected chi connectivity index (χ1v) is 11.7. The number of aliphatic carboxylic acids is 3. The number of benzene rings is 3. The van der Waals surface area contributed by atoms with Crippen molar-refractivity contribution in [3.63, 3.8) is 0 Å². The molecule has 3 aromatic carbocycles. The molecule has 3 aromatic rings. The highest BCUT2D eigenvalue weighted by atomic mass is 16.4. The van der Waals surface area contributed by atoms with Crippen LogP contribution in [0.4, 0.5) is 0 Å². The first-order valence-electron chi connectivity index (χ1n) is 11.7. The lowest BCUT2D eigenvalue weighted by atomic mass is 9.78. The number of nitrogens with zero attached hydrogens (tertiary/aromatic N) is 1. The average molecular weight is 508 g/mol. The Bertz CT molecular complexity index is 1090. The Morgan fingerprint density at radius 1 is 0.649 bits per heavy atom. The Labute approximate surface area is 216 Å². The van der Waals surface area contributed by atoms with Crippen molar-refractivity contribution in [3.05, 3.63) is 108 Å². The molecule has 0 heterocycles. The van der Waals surface area contributed by atoms with Gasteiger partial charge in [-0.3, -0.25) is 14.5 Å². The Morgan fingerprint density at radius 2 is 1.00 bits per heavy atom. The number of likely N-dealkylation sites (N-methyl/N-ethyl adjacent to an activating group) is 1. The largest absolute Gasteiger partial charge is 0.481 e. The van der Waals surface area contributed by atoms with Gasteiger partial charge in [0.2, 0.25) is 0 Å². The van der Waals surface area contributed by atoms with Crippen LogP contribution in [-0.4, -0.2) is 62.9 Å². The smallest absolute Gasteiger partial charge is 0.336 e. The fourth-order valence-corrected chi connectivity index (χ4v) is 4.17. The van der Waals surface area contributed by atoms with Gasteiger partial charge < -0.3 is 20.4 Å². The van der Waals surface area contributed by atoms with Crippen molar-refractivity contribution in [2.75, 3.05) is 14.1 Å². The van der Waals surface area contributed by atoms with E-state index in [1.54, 1.807) is 0 Å². The van der Waals surface area contributed by atoms with Gasteiger partial charge in [-0.05, 0) is 43.6 Å². The van der Waals surface area contributed by atoms with Crippen LogP contribution < -0.4 is 0 Å². The molecule has 0 bridgehead atoms. The van der Waals surface area contributed by atoms with Crippen LogP contribution in [-0.2, 0) is 32.8 Å². The summed E-state index contributed by atoms with van der Waals surface area (Å²) in [7, 11) is 4.39. The summed E-state index contributed by atoms with van der Waals surface area (Å²) in [5.74, 6) is -5.02. The third-order valence-electron chi connectivity index (χ3n) is 6.13. The molecule has 0 amide bonds. The zero-order valence-electron chi connectivity index (χ0n) is 20.9. The highest BCUT2D eigenvalue weighted by Crippen LogP contribution is 2.34. The van der Waals surface area contributed by atoms with Gasteiger partial charge in [-0.15, -0.1) is 0 Å². The van der Waals surface area contributed by atoms with Crippen molar-refractivity contribution >= 4 is 17.9 Å². The van der Waals surface area contributed by atoms with Crippen LogP contribution in [0.25, 0.3) is 0 Å². The van der Waals surface area contributed by atoms with Crippen molar-refractivity contribution in [2.45, 2.75) is 36.8 Å². The minimum absolute atomic E-state index is 0.0655. The number of hydrogen-bond donors (Lipinski definition) is 4. The van der Waals surface area contributed by atoms with Gasteiger partial charge in [0.05, 0.1) is 18.4 Å². The third kappa shape index (κ3) is 8.56. The van der Waals surface area contributed by atoms with E-state index in [1.165, 1.54) is 16.7 Å². The van der Waals surface area contributed by atoms with Crippen LogP contribution in [0, 0.1) is 0 Å². The third-order valence-corrected chi connectivity index (χ3v) is 6.13. The zero-order chi connectivity index (χ0) is 27.5. The van der Waals surface area contributed by atoms with Crippen LogP contribution in [0.3, 0.4) is 0 Å². The summed E-state index contributed by atoms with van der Waals surface area (Å²) in [6, 6.07) is 32.5. The molecule has 0 aliphatic heterocycles. The second-order valence-corrected chi connectivity index (χ2v) is 9.09. The monoisotopic (exact) mass is 507 g/mol. The Kier molecular flexibility index (Phi) is 10.5. The fraction of sp³-hybridized carbons (Fsp3) is 0.276. The SMILES string of the molecule is CN(C)C(Cc1ccccc1)(Cc1ccccc1)c1ccccc1.O=C(O)CC(O)(CC(=O)O)C(=O)O. The first-order chi connectivity index (χ1) is 17.5. The maximum atomic E-state index is 10.3. The second kappa shape index (κ2) is 13.3. The molecule has 0 aromatic heterocycles. The predicted octanol–water partition coefficient (Wildman–Crippen LogP) is 3.68. The van der Waals surface area contributed by atoms with E-state index in [9.17, 15) is 14.4 Å². The molecule has 0 aliphatic carbocycles. The van der Waals surface area contributed by atoms with Gasteiger partial charge in [-0.25, -0.2) is 4.79 Å². The van der Waals surface area contributed by atoms with E-state index in [0.29, 0.717) is 0 Å². The first kappa shape index (κ1) is 29.2. The topological polar surface area (TPSA) is 135 Å². The average Bonchev–Trinajstić information content (AvgIpc) is 2.84. The van der Waals surface area contributed by atoms with Gasteiger partial charge in [0.25, 0.3) is 0 Å². The molecule has 0 spiro atoms. The normalized spacial score (nSPS) is 11.4. The summed E-state index contributed by atoms with van der Waals surface area (Å²) >= 11 is 0. The van der Waals surface area contributed by atoms with E-state index in [0.717, 1.165) is 12.8 Å². The van der Waals surface area contributed by atoms with Gasteiger partial charge in [-0.2, -0.15) is 0 Å². The molecular formula is C29H33NO7. The van der Waals surface area contributed by atoms with Crippen LogP contribution in [0.1, 0.15) is 29.5 Å². The molecule has 8 nitrogen and oxygen atoms in total. The number of rotatable bonds is 11. The zero-order valence-corrected chi connectivity index (χ0v) is 20.9. The molecule has 3 rings (SSSR count). The number of carboxylic acid groups (broad SMARTS) is 3. The minimum atomic E-state index is -2.74. The molecule has 0 saturated carbocycles. The van der Waals surface area contributed by atoms with Crippen molar-refractivity contribution in [1.29, 1.82) is 0 Å². The van der Waals surface area contributed by atoms with Gasteiger partial charge in [0, 0.05) is 0 Å². The lowest BCUT2D eigenvalue weighted by Crippen LogP contribution is -2.45. The summed E-state index contributed by atoms with van der Waals surface area (Å²) in [4.78, 5) is 32.9. The molecule has 0 aliphatic rings. The summed E-state index contributed by atoms with van der Waals surface area (Å²) in [6.45, 7) is 0. The number of carbonyl (C=O) groups is 3. The molecule has 0 unspecified atom stereocenters. The summed E-state index contributed by atoms with van der Waals surface area (Å²) in [5.41, 5.74) is 1.29. The molecule has 0 fully saturated rings. The standard InChI is InChI=1S/C23H25N.C6H8O7/c1-24(2)23(22-16-10-5-11-17-22,18-20-12-6-3-7-13-20)19-21-14-8-4-9-15-21;7-3(8)1-6(13,5(11)12)2-4(9)10/h3-17H,18-19H2,1-2H3;13H,1-2H2,(H,7,8)(H,9,10)(H,11,12).